The highest BCUT2D eigenvalue weighted by Gasteiger charge is 2.33. The topological polar surface area (TPSA) is 103 Å². The van der Waals surface area contributed by atoms with Gasteiger partial charge in [0.2, 0.25) is 20.0 Å². The Morgan fingerprint density at radius 3 is 2.12 bits per heavy atom. The Morgan fingerprint density at radius 1 is 0.824 bits per heavy atom. The normalized spacial score (nSPS) is 21.7. The Morgan fingerprint density at radius 2 is 1.47 bits per heavy atom. The smallest absolute Gasteiger partial charge is 0.243 e. The van der Waals surface area contributed by atoms with Gasteiger partial charge >= 0.3 is 0 Å². The van der Waals surface area contributed by atoms with Crippen molar-refractivity contribution in [2.24, 2.45) is 0 Å². The van der Waals surface area contributed by atoms with Crippen molar-refractivity contribution in [3.05, 3.63) is 54.4 Å². The maximum Gasteiger partial charge on any atom is 0.243 e. The van der Waals surface area contributed by atoms with Crippen molar-refractivity contribution in [2.75, 3.05) is 19.6 Å². The number of H-pyrrole nitrogens is 1. The molecule has 1 aromatic heterocycles. The lowest BCUT2D eigenvalue weighted by Gasteiger charge is -2.32. The number of piperidine rings is 2. The Kier molecular flexibility index (Phi) is 6.26. The van der Waals surface area contributed by atoms with Crippen molar-refractivity contribution in [2.45, 2.75) is 60.8 Å². The van der Waals surface area contributed by atoms with Crippen molar-refractivity contribution in [3.63, 3.8) is 0 Å². The lowest BCUT2D eigenvalue weighted by atomic mass is 9.97. The van der Waals surface area contributed by atoms with Gasteiger partial charge in [-0.05, 0) is 69.0 Å². The zero-order valence-corrected chi connectivity index (χ0v) is 20.9. The van der Waals surface area contributed by atoms with Crippen molar-refractivity contribution < 1.29 is 16.8 Å². The molecule has 0 spiro atoms. The van der Waals surface area contributed by atoms with E-state index in [1.807, 2.05) is 31.2 Å². The van der Waals surface area contributed by atoms with Gasteiger partial charge in [-0.15, -0.1) is 0 Å². The number of hydrogen-bond donors (Lipinski definition) is 1. The molecule has 2 saturated heterocycles. The van der Waals surface area contributed by atoms with Crippen molar-refractivity contribution in [1.29, 1.82) is 0 Å². The number of hydrogen-bond acceptors (Lipinski definition) is 5. The van der Waals surface area contributed by atoms with Crippen LogP contribution in [0.2, 0.25) is 0 Å². The molecule has 2 aliphatic heterocycles. The minimum Gasteiger partial charge on any atom is -0.342 e. The van der Waals surface area contributed by atoms with Gasteiger partial charge in [0.05, 0.1) is 20.8 Å². The number of benzene rings is 2. The second-order valence-electron chi connectivity index (χ2n) is 9.25. The van der Waals surface area contributed by atoms with Gasteiger partial charge in [-0.1, -0.05) is 18.6 Å². The zero-order chi connectivity index (χ0) is 23.9. The van der Waals surface area contributed by atoms with Crippen LogP contribution < -0.4 is 0 Å². The standard InChI is InChI=1S/C24H30N4O4S2/c1-18-6-4-5-15-28(18)34(31,32)21-11-9-20(10-12-21)33(29,30)27-16-13-19(14-17-27)24-25-22-7-2-3-8-23(22)26-24/h2-3,7-12,18-19H,4-6,13-17H2,1H3,(H,25,26)/t18-/m1/s1. The number of sulfonamides is 2. The van der Waals surface area contributed by atoms with Gasteiger partial charge in [-0.25, -0.2) is 21.8 Å². The fourth-order valence-corrected chi connectivity index (χ4v) is 8.20. The van der Waals surface area contributed by atoms with Crippen LogP contribution in [0.3, 0.4) is 0 Å². The quantitative estimate of drug-likeness (QED) is 0.573. The van der Waals surface area contributed by atoms with Crippen LogP contribution in [0.25, 0.3) is 11.0 Å². The summed E-state index contributed by atoms with van der Waals surface area (Å²) >= 11 is 0. The number of nitrogens with zero attached hydrogens (tertiary/aromatic N) is 3. The third-order valence-electron chi connectivity index (χ3n) is 7.06. The number of aromatic nitrogens is 2. The van der Waals surface area contributed by atoms with Gasteiger partial charge in [0, 0.05) is 31.6 Å². The summed E-state index contributed by atoms with van der Waals surface area (Å²) in [5, 5.41) is 0. The van der Waals surface area contributed by atoms with E-state index in [1.165, 1.54) is 32.9 Å². The molecule has 2 fully saturated rings. The van der Waals surface area contributed by atoms with Gasteiger partial charge < -0.3 is 4.98 Å². The molecule has 3 aromatic rings. The Balaban J connectivity index is 1.28. The number of rotatable bonds is 5. The van der Waals surface area contributed by atoms with Crippen molar-refractivity contribution in [1.82, 2.24) is 18.6 Å². The maximum atomic E-state index is 13.2. The highest BCUT2D eigenvalue weighted by Crippen LogP contribution is 2.31. The van der Waals surface area contributed by atoms with Crippen LogP contribution >= 0.6 is 0 Å². The van der Waals surface area contributed by atoms with E-state index >= 15 is 0 Å². The summed E-state index contributed by atoms with van der Waals surface area (Å²) < 4.78 is 55.6. The number of aromatic amines is 1. The van der Waals surface area contributed by atoms with Crippen LogP contribution in [0, 0.1) is 0 Å². The molecule has 34 heavy (non-hydrogen) atoms. The summed E-state index contributed by atoms with van der Waals surface area (Å²) in [5.74, 6) is 1.08. The molecule has 1 N–H and O–H groups in total. The average Bonchev–Trinajstić information content (AvgIpc) is 3.29. The van der Waals surface area contributed by atoms with Gasteiger partial charge in [-0.3, -0.25) is 0 Å². The van der Waals surface area contributed by atoms with E-state index in [0.717, 1.165) is 36.1 Å². The molecule has 0 radical (unpaired) electrons. The lowest BCUT2D eigenvalue weighted by Crippen LogP contribution is -2.41. The van der Waals surface area contributed by atoms with E-state index in [1.54, 1.807) is 0 Å². The Bertz CT molecular complexity index is 1340. The molecule has 8 nitrogen and oxygen atoms in total. The maximum absolute atomic E-state index is 13.2. The fourth-order valence-electron chi connectivity index (χ4n) is 5.03. The Labute approximate surface area is 201 Å². The van der Waals surface area contributed by atoms with Crippen molar-refractivity contribution in [3.8, 4) is 0 Å². The first-order chi connectivity index (χ1) is 16.3. The van der Waals surface area contributed by atoms with E-state index in [2.05, 4.69) is 9.97 Å². The summed E-state index contributed by atoms with van der Waals surface area (Å²) in [4.78, 5) is 8.30. The monoisotopic (exact) mass is 502 g/mol. The molecule has 0 aliphatic carbocycles. The summed E-state index contributed by atoms with van der Waals surface area (Å²) in [6.45, 7) is 3.22. The molecule has 2 aromatic carbocycles. The Hall–Kier alpha value is -2.27. The molecule has 0 bridgehead atoms. The zero-order valence-electron chi connectivity index (χ0n) is 19.2. The summed E-state index contributed by atoms with van der Waals surface area (Å²) in [7, 11) is -7.33. The minimum atomic E-state index is -3.70. The van der Waals surface area contributed by atoms with E-state index in [4.69, 9.17) is 0 Å². The molecule has 0 saturated carbocycles. The minimum absolute atomic E-state index is 0.0461. The molecule has 0 amide bonds. The first-order valence-electron chi connectivity index (χ1n) is 11.8. The van der Waals surface area contributed by atoms with Gasteiger partial charge in [-0.2, -0.15) is 8.61 Å². The molecule has 10 heteroatoms. The molecule has 0 unspecified atom stereocenters. The molecule has 182 valence electrons. The second-order valence-corrected chi connectivity index (χ2v) is 13.1. The van der Waals surface area contributed by atoms with Gasteiger partial charge in [0.25, 0.3) is 0 Å². The SMILES string of the molecule is C[C@@H]1CCCCN1S(=O)(=O)c1ccc(S(=O)(=O)N2CCC(c3nc4ccccc4[nH]3)CC2)cc1. The van der Waals surface area contributed by atoms with Gasteiger partial charge in [0.1, 0.15) is 5.82 Å². The third-order valence-corrected chi connectivity index (χ3v) is 11.0. The van der Waals surface area contributed by atoms with E-state index in [9.17, 15) is 16.8 Å². The van der Waals surface area contributed by atoms with Crippen LogP contribution in [0.4, 0.5) is 0 Å². The molecule has 2 aliphatic rings. The van der Waals surface area contributed by atoms with Crippen molar-refractivity contribution >= 4 is 31.1 Å². The number of fused-ring (bicyclic) bond motifs is 1. The fraction of sp³-hybridized carbons (Fsp3) is 0.458. The predicted molar refractivity (Wildman–Crippen MR) is 130 cm³/mol. The van der Waals surface area contributed by atoms with Crippen LogP contribution in [-0.4, -0.2) is 61.1 Å². The van der Waals surface area contributed by atoms with E-state index in [0.29, 0.717) is 32.5 Å². The highest BCUT2D eigenvalue weighted by atomic mass is 32.2. The van der Waals surface area contributed by atoms with Crippen LogP contribution in [0.15, 0.2) is 58.3 Å². The summed E-state index contributed by atoms with van der Waals surface area (Å²) in [5.41, 5.74) is 1.91. The first-order valence-corrected chi connectivity index (χ1v) is 14.7. The largest absolute Gasteiger partial charge is 0.342 e. The average molecular weight is 503 g/mol. The number of nitrogens with one attached hydrogen (secondary N) is 1. The molecule has 3 heterocycles. The third kappa shape index (κ3) is 4.28. The molecule has 5 rings (SSSR count). The lowest BCUT2D eigenvalue weighted by molar-refractivity contribution is 0.268. The molecule has 1 atom stereocenters. The van der Waals surface area contributed by atoms with Gasteiger partial charge in [0.15, 0.2) is 0 Å². The predicted octanol–water partition coefficient (Wildman–Crippen LogP) is 3.69. The highest BCUT2D eigenvalue weighted by molar-refractivity contribution is 7.89. The summed E-state index contributed by atoms with van der Waals surface area (Å²) in [6.07, 6.45) is 4.07. The molecular weight excluding hydrogens is 472 g/mol. The second kappa shape index (κ2) is 9.07. The number of para-hydroxylation sites is 2. The molecular formula is C24H30N4O4S2. The van der Waals surface area contributed by atoms with E-state index < -0.39 is 20.0 Å². The summed E-state index contributed by atoms with van der Waals surface area (Å²) in [6, 6.07) is 13.5. The van der Waals surface area contributed by atoms with Crippen LogP contribution in [0.1, 0.15) is 50.8 Å². The van der Waals surface area contributed by atoms with Crippen LogP contribution in [0.5, 0.6) is 0 Å². The number of imidazole rings is 1. The first kappa shape index (κ1) is 23.5. The van der Waals surface area contributed by atoms with Crippen LogP contribution in [-0.2, 0) is 20.0 Å². The van der Waals surface area contributed by atoms with E-state index in [-0.39, 0.29) is 21.8 Å².